The third-order valence-corrected chi connectivity index (χ3v) is 4.23. The molecule has 0 spiro atoms. The molecule has 0 saturated carbocycles. The van der Waals surface area contributed by atoms with Crippen LogP contribution in [-0.2, 0) is 11.8 Å². The highest BCUT2D eigenvalue weighted by atomic mass is 14.8. The third-order valence-electron chi connectivity index (χ3n) is 4.23. The van der Waals surface area contributed by atoms with E-state index in [0.717, 1.165) is 6.42 Å². The summed E-state index contributed by atoms with van der Waals surface area (Å²) in [5.41, 5.74) is 8.74. The number of benzene rings is 2. The average molecular weight is 253 g/mol. The summed E-state index contributed by atoms with van der Waals surface area (Å²) in [6, 6.07) is 21.2. The highest BCUT2D eigenvalue weighted by Crippen LogP contribution is 2.36. The highest BCUT2D eigenvalue weighted by molar-refractivity contribution is 5.32. The van der Waals surface area contributed by atoms with E-state index in [1.807, 2.05) is 0 Å². The Bertz CT molecular complexity index is 510. The molecule has 0 aliphatic rings. The molecule has 2 aromatic rings. The Morgan fingerprint density at radius 3 is 1.74 bits per heavy atom. The SMILES string of the molecule is CC(C)(N)C(C)(Cc1ccccc1)c1ccccc1. The van der Waals surface area contributed by atoms with Crippen molar-refractivity contribution in [2.45, 2.75) is 38.1 Å². The smallest absolute Gasteiger partial charge is 0.0195 e. The first-order valence-corrected chi connectivity index (χ1v) is 6.82. The van der Waals surface area contributed by atoms with Crippen LogP contribution in [0.2, 0.25) is 0 Å². The molecule has 0 aromatic heterocycles. The zero-order chi connectivity index (χ0) is 13.9. The maximum Gasteiger partial charge on any atom is 0.0195 e. The van der Waals surface area contributed by atoms with Gasteiger partial charge in [-0.2, -0.15) is 0 Å². The molecule has 19 heavy (non-hydrogen) atoms. The van der Waals surface area contributed by atoms with Gasteiger partial charge in [0.25, 0.3) is 0 Å². The molecule has 1 nitrogen and oxygen atoms in total. The van der Waals surface area contributed by atoms with Gasteiger partial charge in [-0.15, -0.1) is 0 Å². The van der Waals surface area contributed by atoms with Crippen LogP contribution in [0, 0.1) is 0 Å². The summed E-state index contributed by atoms with van der Waals surface area (Å²) in [5, 5.41) is 0. The molecule has 1 unspecified atom stereocenters. The van der Waals surface area contributed by atoms with Crippen molar-refractivity contribution in [1.82, 2.24) is 0 Å². The second-order valence-corrected chi connectivity index (χ2v) is 6.08. The summed E-state index contributed by atoms with van der Waals surface area (Å²) in [6.07, 6.45) is 0.946. The molecule has 0 amide bonds. The molecule has 100 valence electrons. The predicted octanol–water partition coefficient (Wildman–Crippen LogP) is 3.92. The van der Waals surface area contributed by atoms with Crippen molar-refractivity contribution in [2.24, 2.45) is 5.73 Å². The van der Waals surface area contributed by atoms with Gasteiger partial charge in [0.2, 0.25) is 0 Å². The van der Waals surface area contributed by atoms with Crippen LogP contribution >= 0.6 is 0 Å². The fourth-order valence-electron chi connectivity index (χ4n) is 2.51. The van der Waals surface area contributed by atoms with E-state index in [0.29, 0.717) is 0 Å². The fourth-order valence-corrected chi connectivity index (χ4v) is 2.51. The molecule has 2 aromatic carbocycles. The largest absolute Gasteiger partial charge is 0.325 e. The maximum atomic E-state index is 6.49. The lowest BCUT2D eigenvalue weighted by Crippen LogP contribution is -2.53. The van der Waals surface area contributed by atoms with Gasteiger partial charge in [0.05, 0.1) is 0 Å². The van der Waals surface area contributed by atoms with E-state index in [1.54, 1.807) is 0 Å². The number of hydrogen-bond donors (Lipinski definition) is 1. The second-order valence-electron chi connectivity index (χ2n) is 6.08. The molecule has 0 radical (unpaired) electrons. The van der Waals surface area contributed by atoms with Crippen LogP contribution in [0.25, 0.3) is 0 Å². The Kier molecular flexibility index (Phi) is 3.77. The van der Waals surface area contributed by atoms with Crippen LogP contribution in [0.4, 0.5) is 0 Å². The molecule has 1 heteroatoms. The molecular weight excluding hydrogens is 230 g/mol. The summed E-state index contributed by atoms with van der Waals surface area (Å²) in [7, 11) is 0. The van der Waals surface area contributed by atoms with E-state index in [-0.39, 0.29) is 11.0 Å². The number of hydrogen-bond acceptors (Lipinski definition) is 1. The van der Waals surface area contributed by atoms with E-state index in [2.05, 4.69) is 81.4 Å². The quantitative estimate of drug-likeness (QED) is 0.878. The van der Waals surface area contributed by atoms with Crippen LogP contribution in [0.1, 0.15) is 31.9 Å². The number of nitrogens with two attached hydrogens (primary N) is 1. The van der Waals surface area contributed by atoms with Gasteiger partial charge in [-0.05, 0) is 31.4 Å². The van der Waals surface area contributed by atoms with E-state index < -0.39 is 0 Å². The minimum absolute atomic E-state index is 0.0877. The Labute approximate surface area is 116 Å². The van der Waals surface area contributed by atoms with Crippen LogP contribution in [0.3, 0.4) is 0 Å². The van der Waals surface area contributed by atoms with Crippen molar-refractivity contribution in [3.05, 3.63) is 71.8 Å². The Balaban J connectivity index is 2.42. The summed E-state index contributed by atoms with van der Waals surface area (Å²) in [6.45, 7) is 6.49. The molecule has 0 saturated heterocycles. The van der Waals surface area contributed by atoms with Crippen LogP contribution in [0.5, 0.6) is 0 Å². The second kappa shape index (κ2) is 5.18. The first-order chi connectivity index (χ1) is 8.93. The van der Waals surface area contributed by atoms with Crippen molar-refractivity contribution < 1.29 is 0 Å². The summed E-state index contributed by atoms with van der Waals surface area (Å²) >= 11 is 0. The van der Waals surface area contributed by atoms with Crippen molar-refractivity contribution in [1.29, 1.82) is 0 Å². The lowest BCUT2D eigenvalue weighted by atomic mass is 9.65. The topological polar surface area (TPSA) is 26.0 Å². The van der Waals surface area contributed by atoms with Crippen molar-refractivity contribution >= 4 is 0 Å². The Morgan fingerprint density at radius 1 is 0.789 bits per heavy atom. The maximum absolute atomic E-state index is 6.49. The summed E-state index contributed by atoms with van der Waals surface area (Å²) in [4.78, 5) is 0. The molecular formula is C18H23N. The summed E-state index contributed by atoms with van der Waals surface area (Å²) < 4.78 is 0. The van der Waals surface area contributed by atoms with Gasteiger partial charge in [0.1, 0.15) is 0 Å². The zero-order valence-corrected chi connectivity index (χ0v) is 12.1. The van der Waals surface area contributed by atoms with Crippen LogP contribution < -0.4 is 5.73 Å². The first-order valence-electron chi connectivity index (χ1n) is 6.82. The molecule has 0 bridgehead atoms. The van der Waals surface area contributed by atoms with Crippen molar-refractivity contribution in [3.8, 4) is 0 Å². The Hall–Kier alpha value is -1.60. The van der Waals surface area contributed by atoms with E-state index in [1.165, 1.54) is 11.1 Å². The van der Waals surface area contributed by atoms with E-state index >= 15 is 0 Å². The molecule has 1 atom stereocenters. The van der Waals surface area contributed by atoms with Crippen LogP contribution in [-0.4, -0.2) is 5.54 Å². The standard InChI is InChI=1S/C18H23N/c1-17(2,19)18(3,16-12-8-5-9-13-16)14-15-10-6-4-7-11-15/h4-13H,14,19H2,1-3H3. The van der Waals surface area contributed by atoms with Gasteiger partial charge >= 0.3 is 0 Å². The Morgan fingerprint density at radius 2 is 1.26 bits per heavy atom. The van der Waals surface area contributed by atoms with Gasteiger partial charge in [-0.25, -0.2) is 0 Å². The monoisotopic (exact) mass is 253 g/mol. The van der Waals surface area contributed by atoms with E-state index in [9.17, 15) is 0 Å². The fraction of sp³-hybridized carbons (Fsp3) is 0.333. The third kappa shape index (κ3) is 2.87. The minimum atomic E-state index is -0.288. The van der Waals surface area contributed by atoms with Gasteiger partial charge < -0.3 is 5.73 Å². The number of rotatable bonds is 4. The molecule has 0 fully saturated rings. The lowest BCUT2D eigenvalue weighted by molar-refractivity contribution is 0.277. The van der Waals surface area contributed by atoms with Crippen molar-refractivity contribution in [2.75, 3.05) is 0 Å². The summed E-state index contributed by atoms with van der Waals surface area (Å²) in [5.74, 6) is 0. The molecule has 0 aliphatic carbocycles. The molecule has 0 aliphatic heterocycles. The minimum Gasteiger partial charge on any atom is -0.325 e. The highest BCUT2D eigenvalue weighted by Gasteiger charge is 2.39. The normalized spacial score (nSPS) is 14.9. The van der Waals surface area contributed by atoms with E-state index in [4.69, 9.17) is 5.73 Å². The molecule has 2 N–H and O–H groups in total. The van der Waals surface area contributed by atoms with Gasteiger partial charge in [0.15, 0.2) is 0 Å². The molecule has 0 heterocycles. The van der Waals surface area contributed by atoms with Gasteiger partial charge in [-0.1, -0.05) is 67.6 Å². The zero-order valence-electron chi connectivity index (χ0n) is 12.1. The first kappa shape index (κ1) is 13.8. The lowest BCUT2D eigenvalue weighted by Gasteiger charge is -2.42. The predicted molar refractivity (Wildman–Crippen MR) is 82.2 cm³/mol. The van der Waals surface area contributed by atoms with Gasteiger partial charge in [0, 0.05) is 11.0 Å². The average Bonchev–Trinajstić information content (AvgIpc) is 2.39. The van der Waals surface area contributed by atoms with Gasteiger partial charge in [-0.3, -0.25) is 0 Å². The van der Waals surface area contributed by atoms with Crippen molar-refractivity contribution in [3.63, 3.8) is 0 Å². The molecule has 2 rings (SSSR count). The van der Waals surface area contributed by atoms with Crippen LogP contribution in [0.15, 0.2) is 60.7 Å².